The van der Waals surface area contributed by atoms with Crippen LogP contribution < -0.4 is 21.3 Å². The van der Waals surface area contributed by atoms with Crippen LogP contribution in [0.25, 0.3) is 0 Å². The number of fused-ring (bicyclic) bond motifs is 2. The summed E-state index contributed by atoms with van der Waals surface area (Å²) in [6.07, 6.45) is 1.89. The second-order valence-corrected chi connectivity index (χ2v) is 13.1. The Labute approximate surface area is 236 Å². The van der Waals surface area contributed by atoms with Crippen molar-refractivity contribution in [1.29, 1.82) is 0 Å². The zero-order valence-electron chi connectivity index (χ0n) is 23.1. The number of benzene rings is 1. The Hall–Kier alpha value is -3.21. The van der Waals surface area contributed by atoms with E-state index in [-0.39, 0.29) is 23.2 Å². The Morgan fingerprint density at radius 3 is 2.34 bits per heavy atom. The molecule has 4 N–H and O–H groups in total. The first-order valence-electron chi connectivity index (χ1n) is 14.7. The van der Waals surface area contributed by atoms with Crippen LogP contribution in [0.15, 0.2) is 24.4 Å². The number of hydrogen-bond acceptors (Lipinski definition) is 6. The molecule has 1 saturated heterocycles. The van der Waals surface area contributed by atoms with Crippen molar-refractivity contribution in [2.24, 2.45) is 29.4 Å². The van der Waals surface area contributed by atoms with Crippen LogP contribution >= 0.6 is 0 Å². The zero-order valence-corrected chi connectivity index (χ0v) is 23.1. The van der Waals surface area contributed by atoms with Gasteiger partial charge >= 0.3 is 6.18 Å². The highest BCUT2D eigenvalue weighted by Crippen LogP contribution is 2.58. The number of carbonyl (C=O) groups is 2. The molecule has 8 rings (SSSR count). The molecular formula is C30H35F3N6O2. The van der Waals surface area contributed by atoms with Gasteiger partial charge in [-0.25, -0.2) is 9.97 Å². The van der Waals surface area contributed by atoms with Gasteiger partial charge in [0.05, 0.1) is 5.56 Å². The second-order valence-electron chi connectivity index (χ2n) is 13.1. The number of nitrogens with one attached hydrogen (secondary N) is 2. The third-order valence-corrected chi connectivity index (χ3v) is 10.7. The molecule has 4 saturated carbocycles. The van der Waals surface area contributed by atoms with E-state index in [9.17, 15) is 22.8 Å². The van der Waals surface area contributed by atoms with Gasteiger partial charge in [0.1, 0.15) is 5.54 Å². The Morgan fingerprint density at radius 2 is 1.73 bits per heavy atom. The van der Waals surface area contributed by atoms with Gasteiger partial charge in [-0.3, -0.25) is 9.59 Å². The lowest BCUT2D eigenvalue weighted by Crippen LogP contribution is -2.71. The van der Waals surface area contributed by atoms with E-state index in [1.54, 1.807) is 4.90 Å². The number of hydrogen-bond donors (Lipinski definition) is 3. The summed E-state index contributed by atoms with van der Waals surface area (Å²) in [6, 6.07) is 5.97. The summed E-state index contributed by atoms with van der Waals surface area (Å²) in [5.74, 6) is -1.13. The molecule has 218 valence electrons. The lowest BCUT2D eigenvalue weighted by Gasteiger charge is -2.59. The molecule has 0 unspecified atom stereocenters. The van der Waals surface area contributed by atoms with E-state index in [1.165, 1.54) is 0 Å². The molecule has 11 heteroatoms. The zero-order chi connectivity index (χ0) is 28.7. The van der Waals surface area contributed by atoms with Crippen LogP contribution in [0, 0.1) is 30.6 Å². The lowest BCUT2D eigenvalue weighted by molar-refractivity contribution is -0.142. The molecule has 8 nitrogen and oxygen atoms in total. The van der Waals surface area contributed by atoms with E-state index in [4.69, 9.17) is 5.73 Å². The number of piperidine rings is 1. The number of anilines is 2. The number of halogens is 3. The van der Waals surface area contributed by atoms with E-state index < -0.39 is 34.8 Å². The van der Waals surface area contributed by atoms with E-state index in [2.05, 4.69) is 26.7 Å². The van der Waals surface area contributed by atoms with Gasteiger partial charge < -0.3 is 21.3 Å². The van der Waals surface area contributed by atoms with Gasteiger partial charge in [-0.05, 0) is 100 Å². The quantitative estimate of drug-likeness (QED) is 0.514. The Morgan fingerprint density at radius 1 is 1.07 bits per heavy atom. The Kier molecular flexibility index (Phi) is 5.95. The van der Waals surface area contributed by atoms with Gasteiger partial charge in [0.15, 0.2) is 5.69 Å². The molecule has 4 aliphatic carbocycles. The van der Waals surface area contributed by atoms with Crippen molar-refractivity contribution in [3.8, 4) is 0 Å². The smallest absolute Gasteiger partial charge is 0.368 e. The largest absolute Gasteiger partial charge is 0.434 e. The van der Waals surface area contributed by atoms with Crippen molar-refractivity contribution in [3.63, 3.8) is 0 Å². The lowest BCUT2D eigenvalue weighted by atomic mass is 9.48. The minimum Gasteiger partial charge on any atom is -0.368 e. The van der Waals surface area contributed by atoms with Crippen molar-refractivity contribution in [2.45, 2.75) is 69.0 Å². The van der Waals surface area contributed by atoms with E-state index in [1.807, 2.05) is 19.1 Å². The number of aryl methyl sites for hydroxylation is 1. The average molecular weight is 569 g/mol. The SMILES string of the molecule is Cc1ccc2c(c1)C1(CCNCC1)CN2c1ncc(C(=O)NC2(C(N)=O)C3CC4CC(C3)CC2C4)c(C(F)(F)F)n1. The molecule has 1 aromatic carbocycles. The minimum atomic E-state index is -4.91. The molecular weight excluding hydrogens is 533 g/mol. The summed E-state index contributed by atoms with van der Waals surface area (Å²) < 4.78 is 43.5. The maximum Gasteiger partial charge on any atom is 0.434 e. The molecule has 41 heavy (non-hydrogen) atoms. The highest BCUT2D eigenvalue weighted by atomic mass is 19.4. The van der Waals surface area contributed by atoms with Gasteiger partial charge in [-0.2, -0.15) is 13.2 Å². The Balaban J connectivity index is 1.25. The number of alkyl halides is 3. The van der Waals surface area contributed by atoms with Crippen molar-refractivity contribution < 1.29 is 22.8 Å². The number of primary amides is 1. The van der Waals surface area contributed by atoms with Crippen molar-refractivity contribution in [2.75, 3.05) is 24.5 Å². The fourth-order valence-electron chi connectivity index (χ4n) is 9.03. The van der Waals surface area contributed by atoms with E-state index in [0.717, 1.165) is 81.0 Å². The van der Waals surface area contributed by atoms with Crippen LogP contribution in [0.4, 0.5) is 24.8 Å². The fourth-order valence-corrected chi connectivity index (χ4v) is 9.03. The summed E-state index contributed by atoms with van der Waals surface area (Å²) in [4.78, 5) is 36.6. The minimum absolute atomic E-state index is 0.0892. The standard InChI is InChI=1S/C30H35F3N6O2/c1-16-2-3-23-22(8-16)28(4-6-35-7-5-28)15-39(23)27-36-14-21(24(37-27)30(31,32)33)25(40)38-29(26(34)41)19-10-17-9-18(12-19)13-20(29)11-17/h2-3,8,14,17-20,35H,4-7,9-13,15H2,1H3,(H2,34,41)(H,38,40). The maximum atomic E-state index is 14.5. The summed E-state index contributed by atoms with van der Waals surface area (Å²) in [5, 5.41) is 6.12. The van der Waals surface area contributed by atoms with Crippen molar-refractivity contribution >= 4 is 23.5 Å². The molecule has 1 aromatic heterocycles. The van der Waals surface area contributed by atoms with Crippen molar-refractivity contribution in [1.82, 2.24) is 20.6 Å². The summed E-state index contributed by atoms with van der Waals surface area (Å²) in [6.45, 7) is 4.11. The van der Waals surface area contributed by atoms with Gasteiger partial charge in [-0.1, -0.05) is 17.7 Å². The first-order valence-corrected chi connectivity index (χ1v) is 14.7. The third-order valence-electron chi connectivity index (χ3n) is 10.7. The number of rotatable bonds is 4. The first-order chi connectivity index (χ1) is 19.5. The normalized spacial score (nSPS) is 31.4. The highest BCUT2D eigenvalue weighted by molar-refractivity contribution is 6.00. The van der Waals surface area contributed by atoms with Crippen LogP contribution in [0.3, 0.4) is 0 Å². The first kappa shape index (κ1) is 26.7. The van der Waals surface area contributed by atoms with Crippen LogP contribution in [-0.4, -0.2) is 47.0 Å². The number of carbonyl (C=O) groups excluding carboxylic acids is 2. The fraction of sp³-hybridized carbons (Fsp3) is 0.600. The number of amides is 2. The molecule has 2 amide bonds. The second kappa shape index (κ2) is 9.14. The maximum absolute atomic E-state index is 14.5. The molecule has 1 spiro atoms. The van der Waals surface area contributed by atoms with Gasteiger partial charge in [0.25, 0.3) is 5.91 Å². The molecule has 5 fully saturated rings. The predicted octanol–water partition coefficient (Wildman–Crippen LogP) is 3.99. The molecule has 2 aromatic rings. The summed E-state index contributed by atoms with van der Waals surface area (Å²) in [5.41, 5.74) is 5.35. The molecule has 0 radical (unpaired) electrons. The van der Waals surface area contributed by atoms with E-state index >= 15 is 0 Å². The molecule has 3 heterocycles. The third kappa shape index (κ3) is 4.06. The predicted molar refractivity (Wildman–Crippen MR) is 145 cm³/mol. The van der Waals surface area contributed by atoms with Gasteiger partial charge in [-0.15, -0.1) is 0 Å². The average Bonchev–Trinajstić information content (AvgIpc) is 3.22. The molecule has 0 atom stereocenters. The van der Waals surface area contributed by atoms with Gasteiger partial charge in [0, 0.05) is 23.8 Å². The van der Waals surface area contributed by atoms with E-state index in [0.29, 0.717) is 18.4 Å². The topological polar surface area (TPSA) is 113 Å². The molecule has 4 bridgehead atoms. The summed E-state index contributed by atoms with van der Waals surface area (Å²) in [7, 11) is 0. The van der Waals surface area contributed by atoms with Crippen LogP contribution in [0.2, 0.25) is 0 Å². The molecule has 2 aliphatic heterocycles. The number of aromatic nitrogens is 2. The highest BCUT2D eigenvalue weighted by Gasteiger charge is 2.61. The van der Waals surface area contributed by atoms with Crippen molar-refractivity contribution in [3.05, 3.63) is 46.8 Å². The van der Waals surface area contributed by atoms with Crippen LogP contribution in [0.5, 0.6) is 0 Å². The number of nitrogens with zero attached hydrogens (tertiary/aromatic N) is 3. The van der Waals surface area contributed by atoms with Crippen LogP contribution in [0.1, 0.15) is 72.1 Å². The monoisotopic (exact) mass is 568 g/mol. The van der Waals surface area contributed by atoms with Gasteiger partial charge in [0.2, 0.25) is 11.9 Å². The molecule has 6 aliphatic rings. The number of nitrogens with two attached hydrogens (primary N) is 1. The summed E-state index contributed by atoms with van der Waals surface area (Å²) >= 11 is 0. The Bertz CT molecular complexity index is 1390. The van der Waals surface area contributed by atoms with Crippen LogP contribution in [-0.2, 0) is 16.4 Å².